The van der Waals surface area contributed by atoms with Crippen molar-refractivity contribution in [1.29, 1.82) is 0 Å². The fraction of sp³-hybridized carbons (Fsp3) is 0.933. The maximum Gasteiger partial charge on any atom is 0.194 e. The van der Waals surface area contributed by atoms with Crippen molar-refractivity contribution in [1.82, 2.24) is 10.2 Å². The van der Waals surface area contributed by atoms with Crippen molar-refractivity contribution >= 4 is 17.7 Å². The average Bonchev–Trinajstić information content (AvgIpc) is 2.47. The Bertz CT molecular complexity index is 311. The van der Waals surface area contributed by atoms with Crippen LogP contribution in [0.5, 0.6) is 0 Å². The normalized spacial score (nSPS) is 23.1. The zero-order valence-electron chi connectivity index (χ0n) is 13.0. The molecule has 0 aromatic rings. The summed E-state index contributed by atoms with van der Waals surface area (Å²) in [7, 11) is 1.73. The number of methoxy groups -OCH3 is 1. The lowest BCUT2D eigenvalue weighted by atomic mass is 9.87. The number of thioether (sulfide) groups is 1. The van der Waals surface area contributed by atoms with E-state index < -0.39 is 0 Å². The molecule has 0 bridgehead atoms. The molecule has 1 saturated heterocycles. The molecule has 1 saturated carbocycles. The summed E-state index contributed by atoms with van der Waals surface area (Å²) in [5, 5.41) is 3.44. The van der Waals surface area contributed by atoms with Gasteiger partial charge in [-0.3, -0.25) is 4.99 Å². The largest absolute Gasteiger partial charge is 0.383 e. The molecule has 0 unspecified atom stereocenters. The van der Waals surface area contributed by atoms with Crippen LogP contribution in [-0.2, 0) is 4.74 Å². The summed E-state index contributed by atoms with van der Waals surface area (Å²) in [4.78, 5) is 7.18. The van der Waals surface area contributed by atoms with Crippen molar-refractivity contribution in [3.05, 3.63) is 0 Å². The lowest BCUT2D eigenvalue weighted by Gasteiger charge is -2.45. The van der Waals surface area contributed by atoms with Gasteiger partial charge < -0.3 is 15.0 Å². The van der Waals surface area contributed by atoms with Gasteiger partial charge in [-0.15, -0.1) is 0 Å². The Kier molecular flexibility index (Phi) is 6.49. The zero-order valence-corrected chi connectivity index (χ0v) is 13.8. The van der Waals surface area contributed by atoms with Gasteiger partial charge in [0.15, 0.2) is 5.96 Å². The summed E-state index contributed by atoms with van der Waals surface area (Å²) < 4.78 is 5.60. The van der Waals surface area contributed by atoms with Gasteiger partial charge in [0.05, 0.1) is 13.2 Å². The number of hydrogen-bond donors (Lipinski definition) is 1. The maximum atomic E-state index is 5.11. The Morgan fingerprint density at radius 3 is 2.85 bits per heavy atom. The van der Waals surface area contributed by atoms with Crippen LogP contribution in [0.1, 0.15) is 39.0 Å². The van der Waals surface area contributed by atoms with E-state index in [2.05, 4.69) is 28.9 Å². The number of hydrogen-bond acceptors (Lipinski definition) is 3. The molecular formula is C15H29N3OS. The fourth-order valence-electron chi connectivity index (χ4n) is 3.19. The molecule has 0 amide bonds. The Labute approximate surface area is 127 Å². The van der Waals surface area contributed by atoms with Crippen LogP contribution in [0.15, 0.2) is 4.99 Å². The van der Waals surface area contributed by atoms with E-state index in [0.717, 1.165) is 32.1 Å². The standard InChI is InChI=1S/C15H29N3OS/c1-3-16-14(17-9-11-19-2)18-10-12-20-15(13-18)7-5-4-6-8-15/h3-13H2,1-2H3,(H,16,17). The van der Waals surface area contributed by atoms with Gasteiger partial charge in [0.25, 0.3) is 0 Å². The van der Waals surface area contributed by atoms with Crippen molar-refractivity contribution in [2.75, 3.05) is 45.6 Å². The summed E-state index contributed by atoms with van der Waals surface area (Å²) in [5.74, 6) is 2.31. The van der Waals surface area contributed by atoms with Gasteiger partial charge in [0.2, 0.25) is 0 Å². The smallest absolute Gasteiger partial charge is 0.194 e. The Hall–Kier alpha value is -0.420. The molecule has 0 radical (unpaired) electrons. The van der Waals surface area contributed by atoms with Crippen molar-refractivity contribution in [3.63, 3.8) is 0 Å². The molecule has 0 atom stereocenters. The van der Waals surface area contributed by atoms with Crippen LogP contribution in [0.4, 0.5) is 0 Å². The Morgan fingerprint density at radius 1 is 1.35 bits per heavy atom. The van der Waals surface area contributed by atoms with Crippen LogP contribution < -0.4 is 5.32 Å². The lowest BCUT2D eigenvalue weighted by molar-refractivity contribution is 0.207. The number of aliphatic imine (C=N–C) groups is 1. The molecule has 1 spiro atoms. The number of nitrogens with zero attached hydrogens (tertiary/aromatic N) is 2. The highest BCUT2D eigenvalue weighted by Crippen LogP contribution is 2.42. The molecular weight excluding hydrogens is 270 g/mol. The molecule has 5 heteroatoms. The van der Waals surface area contributed by atoms with E-state index in [0.29, 0.717) is 11.4 Å². The number of guanidine groups is 1. The second-order valence-corrected chi connectivity index (χ2v) is 7.31. The molecule has 4 nitrogen and oxygen atoms in total. The zero-order chi connectivity index (χ0) is 14.3. The topological polar surface area (TPSA) is 36.9 Å². The first-order valence-electron chi connectivity index (χ1n) is 7.96. The molecule has 0 aromatic carbocycles. The van der Waals surface area contributed by atoms with Crippen molar-refractivity contribution < 1.29 is 4.74 Å². The molecule has 1 aliphatic carbocycles. The predicted molar refractivity (Wildman–Crippen MR) is 87.7 cm³/mol. The first kappa shape index (κ1) is 16.0. The van der Waals surface area contributed by atoms with E-state index >= 15 is 0 Å². The second kappa shape index (κ2) is 8.13. The highest BCUT2D eigenvalue weighted by molar-refractivity contribution is 8.00. The van der Waals surface area contributed by atoms with Crippen LogP contribution in [0.3, 0.4) is 0 Å². The van der Waals surface area contributed by atoms with Gasteiger partial charge in [0.1, 0.15) is 0 Å². The van der Waals surface area contributed by atoms with Crippen LogP contribution in [0.25, 0.3) is 0 Å². The summed E-state index contributed by atoms with van der Waals surface area (Å²) >= 11 is 2.20. The van der Waals surface area contributed by atoms with Gasteiger partial charge in [-0.1, -0.05) is 19.3 Å². The lowest BCUT2D eigenvalue weighted by Crippen LogP contribution is -2.53. The molecule has 1 heterocycles. The molecule has 1 N–H and O–H groups in total. The summed E-state index contributed by atoms with van der Waals surface area (Å²) in [5.41, 5.74) is 0. The van der Waals surface area contributed by atoms with Crippen LogP contribution in [-0.4, -0.2) is 61.3 Å². The monoisotopic (exact) mass is 299 g/mol. The van der Waals surface area contributed by atoms with Gasteiger partial charge in [-0.05, 0) is 19.8 Å². The second-order valence-electron chi connectivity index (χ2n) is 5.74. The summed E-state index contributed by atoms with van der Waals surface area (Å²) in [6.45, 7) is 6.79. The molecule has 2 rings (SSSR count). The minimum atomic E-state index is 0.494. The van der Waals surface area contributed by atoms with E-state index in [4.69, 9.17) is 9.73 Å². The molecule has 20 heavy (non-hydrogen) atoms. The minimum Gasteiger partial charge on any atom is -0.383 e. The fourth-order valence-corrected chi connectivity index (χ4v) is 4.76. The first-order chi connectivity index (χ1) is 9.79. The van der Waals surface area contributed by atoms with Crippen LogP contribution >= 0.6 is 11.8 Å². The van der Waals surface area contributed by atoms with Crippen molar-refractivity contribution in [2.24, 2.45) is 4.99 Å². The van der Waals surface area contributed by atoms with Gasteiger partial charge in [0, 0.05) is 37.2 Å². The average molecular weight is 299 g/mol. The maximum absolute atomic E-state index is 5.11. The van der Waals surface area contributed by atoms with E-state index in [-0.39, 0.29) is 0 Å². The van der Waals surface area contributed by atoms with E-state index in [1.165, 1.54) is 37.9 Å². The number of nitrogens with one attached hydrogen (secondary N) is 1. The van der Waals surface area contributed by atoms with Crippen LogP contribution in [0, 0.1) is 0 Å². The number of rotatable bonds is 4. The third-order valence-electron chi connectivity index (χ3n) is 4.20. The van der Waals surface area contributed by atoms with Gasteiger partial charge in [-0.2, -0.15) is 11.8 Å². The summed E-state index contributed by atoms with van der Waals surface area (Å²) in [6.07, 6.45) is 6.98. The first-order valence-corrected chi connectivity index (χ1v) is 8.94. The van der Waals surface area contributed by atoms with Crippen molar-refractivity contribution in [2.45, 2.75) is 43.8 Å². The van der Waals surface area contributed by atoms with Gasteiger partial charge in [-0.25, -0.2) is 0 Å². The number of ether oxygens (including phenoxy) is 1. The third-order valence-corrected chi connectivity index (χ3v) is 5.74. The molecule has 1 aliphatic heterocycles. The summed E-state index contributed by atoms with van der Waals surface area (Å²) in [6, 6.07) is 0. The highest BCUT2D eigenvalue weighted by Gasteiger charge is 2.38. The van der Waals surface area contributed by atoms with E-state index in [1.54, 1.807) is 7.11 Å². The quantitative estimate of drug-likeness (QED) is 0.491. The van der Waals surface area contributed by atoms with Gasteiger partial charge >= 0.3 is 0 Å². The van der Waals surface area contributed by atoms with E-state index in [1.807, 2.05) is 0 Å². The predicted octanol–water partition coefficient (Wildman–Crippen LogP) is 2.35. The molecule has 116 valence electrons. The molecule has 0 aromatic heterocycles. The molecule has 2 aliphatic rings. The van der Waals surface area contributed by atoms with Crippen LogP contribution in [0.2, 0.25) is 0 Å². The Balaban J connectivity index is 1.98. The SMILES string of the molecule is CCNC(=NCCOC)N1CCSC2(CCCCC2)C1. The van der Waals surface area contributed by atoms with E-state index in [9.17, 15) is 0 Å². The highest BCUT2D eigenvalue weighted by atomic mass is 32.2. The third kappa shape index (κ3) is 4.29. The minimum absolute atomic E-state index is 0.494. The molecule has 2 fully saturated rings. The van der Waals surface area contributed by atoms with Crippen molar-refractivity contribution in [3.8, 4) is 0 Å². The Morgan fingerprint density at radius 2 is 2.15 bits per heavy atom.